The molecule has 1 N–H and O–H groups in total. The number of hydrogen-bond acceptors (Lipinski definition) is 5. The topological polar surface area (TPSA) is 78.5 Å². The molecule has 0 aromatic heterocycles. The van der Waals surface area contributed by atoms with E-state index in [9.17, 15) is 14.8 Å². The van der Waals surface area contributed by atoms with Crippen molar-refractivity contribution < 1.29 is 19.5 Å². The van der Waals surface area contributed by atoms with E-state index >= 15 is 0 Å². The molecule has 1 rings (SSSR count). The van der Waals surface area contributed by atoms with Gasteiger partial charge in [0.15, 0.2) is 0 Å². The van der Waals surface area contributed by atoms with E-state index in [1.807, 2.05) is 0 Å². The van der Waals surface area contributed by atoms with Crippen LogP contribution in [0.5, 0.6) is 0 Å². The Morgan fingerprint density at radius 1 is 1.33 bits per heavy atom. The first-order valence-corrected chi connectivity index (χ1v) is 5.82. The molecular formula is C12H19N2O4. The molecule has 0 amide bonds. The summed E-state index contributed by atoms with van der Waals surface area (Å²) >= 11 is 0. The van der Waals surface area contributed by atoms with E-state index in [2.05, 4.69) is 10.1 Å². The second-order valence-electron chi connectivity index (χ2n) is 5.18. The van der Waals surface area contributed by atoms with Gasteiger partial charge in [0.25, 0.3) is 5.78 Å². The lowest BCUT2D eigenvalue weighted by Crippen LogP contribution is -2.47. The Bertz CT molecular complexity index is 399. The molecule has 0 spiro atoms. The first kappa shape index (κ1) is 14.7. The second-order valence-corrected chi connectivity index (χ2v) is 5.18. The largest absolute Gasteiger partial charge is 0.460 e. The third-order valence-corrected chi connectivity index (χ3v) is 2.87. The van der Waals surface area contributed by atoms with Crippen LogP contribution in [0, 0.1) is 0 Å². The van der Waals surface area contributed by atoms with Crippen molar-refractivity contribution in [2.24, 2.45) is 0 Å². The summed E-state index contributed by atoms with van der Waals surface area (Å²) in [6, 6.07) is 0. The Morgan fingerprint density at radius 3 is 2.28 bits per heavy atom. The first-order chi connectivity index (χ1) is 8.13. The molecule has 101 valence electrons. The fourth-order valence-electron chi connectivity index (χ4n) is 1.95. The van der Waals surface area contributed by atoms with Gasteiger partial charge in [0.2, 0.25) is 0 Å². The van der Waals surface area contributed by atoms with E-state index < -0.39 is 23.0 Å². The molecule has 1 fully saturated rings. The lowest BCUT2D eigenvalue weighted by Gasteiger charge is -2.29. The van der Waals surface area contributed by atoms with Gasteiger partial charge in [-0.25, -0.2) is 4.79 Å². The van der Waals surface area contributed by atoms with Crippen molar-refractivity contribution >= 4 is 11.8 Å². The Balaban J connectivity index is 2.97. The van der Waals surface area contributed by atoms with Crippen molar-refractivity contribution in [3.63, 3.8) is 0 Å². The van der Waals surface area contributed by atoms with E-state index in [0.717, 1.165) is 11.1 Å². The van der Waals surface area contributed by atoms with Gasteiger partial charge in [-0.3, -0.25) is 4.79 Å². The molecule has 1 aliphatic rings. The predicted molar refractivity (Wildman–Crippen MR) is 63.5 cm³/mol. The molecule has 0 saturated carbocycles. The Hall–Kier alpha value is -1.40. The molecule has 1 saturated heterocycles. The number of hydroxylamine groups is 2. The SMILES string of the molecule is CCOC(=O)C(=O)/C=C1/NC(C)(C)N([O])C1(C)C. The quantitative estimate of drug-likeness (QED) is 0.458. The number of rotatable bonds is 3. The Morgan fingerprint density at radius 2 is 1.89 bits per heavy atom. The lowest BCUT2D eigenvalue weighted by molar-refractivity contribution is -0.243. The molecule has 0 unspecified atom stereocenters. The van der Waals surface area contributed by atoms with Crippen LogP contribution in [0.4, 0.5) is 0 Å². The number of nitrogens with one attached hydrogen (secondary N) is 1. The van der Waals surface area contributed by atoms with Gasteiger partial charge in [-0.2, -0.15) is 0 Å². The van der Waals surface area contributed by atoms with Crippen LogP contribution in [-0.4, -0.2) is 34.6 Å². The third kappa shape index (κ3) is 2.54. The highest BCUT2D eigenvalue weighted by Crippen LogP contribution is 2.35. The van der Waals surface area contributed by atoms with Crippen LogP contribution in [0.2, 0.25) is 0 Å². The number of hydrogen-bond donors (Lipinski definition) is 1. The zero-order valence-electron chi connectivity index (χ0n) is 11.4. The van der Waals surface area contributed by atoms with Crippen molar-refractivity contribution in [3.8, 4) is 0 Å². The van der Waals surface area contributed by atoms with Crippen molar-refractivity contribution in [2.75, 3.05) is 6.61 Å². The number of carbonyl (C=O) groups is 2. The maximum absolute atomic E-state index is 12.0. The van der Waals surface area contributed by atoms with Gasteiger partial charge in [0.05, 0.1) is 12.1 Å². The van der Waals surface area contributed by atoms with Crippen molar-refractivity contribution in [2.45, 2.75) is 45.8 Å². The molecule has 1 heterocycles. The van der Waals surface area contributed by atoms with Crippen molar-refractivity contribution in [1.29, 1.82) is 0 Å². The predicted octanol–water partition coefficient (Wildman–Crippen LogP) is 0.768. The van der Waals surface area contributed by atoms with Gasteiger partial charge in [0, 0.05) is 11.8 Å². The molecule has 0 aromatic carbocycles. The maximum Gasteiger partial charge on any atom is 0.379 e. The average molecular weight is 255 g/mol. The van der Waals surface area contributed by atoms with Gasteiger partial charge >= 0.3 is 5.97 Å². The van der Waals surface area contributed by atoms with E-state index in [0.29, 0.717) is 5.70 Å². The van der Waals surface area contributed by atoms with E-state index in [1.165, 1.54) is 0 Å². The Labute approximate surface area is 107 Å². The standard InChI is InChI=1S/C12H19N2O4/c1-6-18-10(16)8(15)7-9-11(2,3)14(17)12(4,5)13-9/h7,13H,6H2,1-5H3/b9-7+. The zero-order chi connectivity index (χ0) is 14.1. The van der Waals surface area contributed by atoms with E-state index in [1.54, 1.807) is 34.6 Å². The molecule has 0 aromatic rings. The van der Waals surface area contributed by atoms with Gasteiger partial charge in [-0.15, -0.1) is 10.3 Å². The maximum atomic E-state index is 12.0. The monoisotopic (exact) mass is 255 g/mol. The normalized spacial score (nSPS) is 23.8. The average Bonchev–Trinajstić information content (AvgIpc) is 2.40. The minimum atomic E-state index is -0.912. The molecule has 6 nitrogen and oxygen atoms in total. The second kappa shape index (κ2) is 4.70. The highest BCUT2D eigenvalue weighted by molar-refractivity contribution is 6.38. The van der Waals surface area contributed by atoms with Gasteiger partial charge in [0.1, 0.15) is 5.66 Å². The number of esters is 1. The lowest BCUT2D eigenvalue weighted by atomic mass is 10.0. The molecule has 0 atom stereocenters. The number of ketones is 1. The highest BCUT2D eigenvalue weighted by atomic mass is 16.5. The smallest absolute Gasteiger partial charge is 0.379 e. The molecular weight excluding hydrogens is 236 g/mol. The highest BCUT2D eigenvalue weighted by Gasteiger charge is 2.49. The van der Waals surface area contributed by atoms with Crippen LogP contribution in [0.1, 0.15) is 34.6 Å². The summed E-state index contributed by atoms with van der Waals surface area (Å²) in [6.45, 7) is 8.55. The molecule has 6 heteroatoms. The summed E-state index contributed by atoms with van der Waals surface area (Å²) in [6.07, 6.45) is 1.14. The van der Waals surface area contributed by atoms with Crippen LogP contribution >= 0.6 is 0 Å². The fraction of sp³-hybridized carbons (Fsp3) is 0.667. The Kier molecular flexibility index (Phi) is 3.83. The summed E-state index contributed by atoms with van der Waals surface area (Å²) in [4.78, 5) is 22.8. The number of carbonyl (C=O) groups excluding carboxylic acids is 2. The summed E-state index contributed by atoms with van der Waals surface area (Å²) in [5, 5.41) is 15.8. The zero-order valence-corrected chi connectivity index (χ0v) is 11.4. The molecule has 18 heavy (non-hydrogen) atoms. The van der Waals surface area contributed by atoms with Crippen LogP contribution in [0.15, 0.2) is 11.8 Å². The van der Waals surface area contributed by atoms with Gasteiger partial charge in [-0.1, -0.05) is 0 Å². The van der Waals surface area contributed by atoms with Crippen LogP contribution < -0.4 is 5.32 Å². The first-order valence-electron chi connectivity index (χ1n) is 5.82. The third-order valence-electron chi connectivity index (χ3n) is 2.87. The number of ether oxygens (including phenoxy) is 1. The summed E-state index contributed by atoms with van der Waals surface area (Å²) in [5.74, 6) is -1.68. The van der Waals surface area contributed by atoms with Crippen molar-refractivity contribution in [1.82, 2.24) is 10.4 Å². The molecule has 1 radical (unpaired) electrons. The summed E-state index contributed by atoms with van der Waals surface area (Å²) in [5.41, 5.74) is -1.28. The fourth-order valence-corrected chi connectivity index (χ4v) is 1.95. The van der Waals surface area contributed by atoms with Crippen molar-refractivity contribution in [3.05, 3.63) is 11.8 Å². The minimum absolute atomic E-state index is 0.143. The number of nitrogens with zero attached hydrogens (tertiary/aromatic N) is 1. The van der Waals surface area contributed by atoms with Crippen LogP contribution in [-0.2, 0) is 19.5 Å². The molecule has 0 bridgehead atoms. The van der Waals surface area contributed by atoms with Gasteiger partial charge in [-0.05, 0) is 34.6 Å². The summed E-state index contributed by atoms with van der Waals surface area (Å²) in [7, 11) is 0. The van der Waals surface area contributed by atoms with Gasteiger partial charge < -0.3 is 10.1 Å². The van der Waals surface area contributed by atoms with E-state index in [-0.39, 0.29) is 6.61 Å². The van der Waals surface area contributed by atoms with Crippen LogP contribution in [0.3, 0.4) is 0 Å². The molecule has 1 aliphatic heterocycles. The minimum Gasteiger partial charge on any atom is -0.460 e. The van der Waals surface area contributed by atoms with Crippen LogP contribution in [0.25, 0.3) is 0 Å². The summed E-state index contributed by atoms with van der Waals surface area (Å²) < 4.78 is 4.61. The molecule has 0 aliphatic carbocycles. The van der Waals surface area contributed by atoms with E-state index in [4.69, 9.17) is 0 Å².